The average Bonchev–Trinajstić information content (AvgIpc) is 3.27. The van der Waals surface area contributed by atoms with Gasteiger partial charge in [-0.3, -0.25) is 24.1 Å². The maximum Gasteiger partial charge on any atom is 0.233 e. The fourth-order valence-corrected chi connectivity index (χ4v) is 8.42. The molecule has 44 heavy (non-hydrogen) atoms. The zero-order valence-corrected chi connectivity index (χ0v) is 24.6. The SMILES string of the molecule is CCOc1cccc(C2C3=CCC4C(=O)N(C)C(=O)C4C3CC3C(=O)C(c4ccccc4)=CC(=O)C32c2ccccc2)c1O. The highest BCUT2D eigenvalue weighted by Crippen LogP contribution is 2.64. The quantitative estimate of drug-likeness (QED) is 0.324. The van der Waals surface area contributed by atoms with Crippen LogP contribution in [0.3, 0.4) is 0 Å². The lowest BCUT2D eigenvalue weighted by Gasteiger charge is -2.55. The number of rotatable bonds is 5. The zero-order valence-electron chi connectivity index (χ0n) is 24.6. The van der Waals surface area contributed by atoms with Gasteiger partial charge in [0.25, 0.3) is 0 Å². The van der Waals surface area contributed by atoms with Crippen LogP contribution in [0.4, 0.5) is 0 Å². The van der Waals surface area contributed by atoms with Gasteiger partial charge in [-0.15, -0.1) is 0 Å². The number of carbonyl (C=O) groups is 4. The van der Waals surface area contributed by atoms with Gasteiger partial charge in [0.05, 0.1) is 23.9 Å². The number of carbonyl (C=O) groups excluding carboxylic acids is 4. The van der Waals surface area contributed by atoms with Crippen molar-refractivity contribution in [2.24, 2.45) is 23.7 Å². The second-order valence-corrected chi connectivity index (χ2v) is 12.1. The summed E-state index contributed by atoms with van der Waals surface area (Å²) in [6.45, 7) is 2.15. The Labute approximate surface area is 255 Å². The van der Waals surface area contributed by atoms with Gasteiger partial charge in [-0.1, -0.05) is 84.4 Å². The predicted octanol–water partition coefficient (Wildman–Crippen LogP) is 5.25. The molecule has 1 aliphatic heterocycles. The van der Waals surface area contributed by atoms with E-state index in [1.54, 1.807) is 18.2 Å². The number of likely N-dealkylation sites (tertiary alicyclic amines) is 1. The van der Waals surface area contributed by atoms with E-state index < -0.39 is 35.0 Å². The molecule has 3 aliphatic carbocycles. The third kappa shape index (κ3) is 3.81. The molecule has 1 heterocycles. The lowest BCUT2D eigenvalue weighted by molar-refractivity contribution is -0.139. The highest BCUT2D eigenvalue weighted by Gasteiger charge is 2.66. The summed E-state index contributed by atoms with van der Waals surface area (Å²) in [5, 5.41) is 11.7. The Morgan fingerprint density at radius 2 is 1.59 bits per heavy atom. The molecule has 1 saturated heterocycles. The Morgan fingerprint density at radius 1 is 0.886 bits per heavy atom. The van der Waals surface area contributed by atoms with Gasteiger partial charge >= 0.3 is 0 Å². The number of Topliss-reactive ketones (excluding diaryl/α,β-unsaturated/α-hetero) is 1. The van der Waals surface area contributed by atoms with Gasteiger partial charge in [-0.05, 0) is 49.0 Å². The second-order valence-electron chi connectivity index (χ2n) is 12.1. The highest BCUT2D eigenvalue weighted by atomic mass is 16.5. The number of hydrogen-bond donors (Lipinski definition) is 1. The first-order valence-corrected chi connectivity index (χ1v) is 15.2. The van der Waals surface area contributed by atoms with Gasteiger partial charge in [0.2, 0.25) is 11.8 Å². The van der Waals surface area contributed by atoms with Gasteiger partial charge < -0.3 is 9.84 Å². The largest absolute Gasteiger partial charge is 0.504 e. The van der Waals surface area contributed by atoms with Crippen molar-refractivity contribution >= 4 is 29.0 Å². The number of para-hydroxylation sites is 1. The van der Waals surface area contributed by atoms with E-state index in [0.29, 0.717) is 35.3 Å². The smallest absolute Gasteiger partial charge is 0.233 e. The van der Waals surface area contributed by atoms with Crippen molar-refractivity contribution < 1.29 is 29.0 Å². The van der Waals surface area contributed by atoms with E-state index in [4.69, 9.17) is 4.74 Å². The fraction of sp³-hybridized carbons (Fsp3) is 0.297. The lowest BCUT2D eigenvalue weighted by atomic mass is 9.44. The number of imide groups is 1. The number of nitrogens with zero attached hydrogens (tertiary/aromatic N) is 1. The molecular weight excluding hydrogens is 554 g/mol. The van der Waals surface area contributed by atoms with Crippen LogP contribution in [0.15, 0.2) is 96.6 Å². The minimum atomic E-state index is -1.40. The Kier molecular flexibility index (Phi) is 6.65. The van der Waals surface area contributed by atoms with Crippen molar-refractivity contribution in [2.45, 2.75) is 31.1 Å². The van der Waals surface area contributed by atoms with E-state index in [0.717, 1.165) is 5.57 Å². The van der Waals surface area contributed by atoms with Crippen molar-refractivity contribution in [3.8, 4) is 11.5 Å². The maximum absolute atomic E-state index is 15.0. The van der Waals surface area contributed by atoms with E-state index >= 15 is 0 Å². The summed E-state index contributed by atoms with van der Waals surface area (Å²) >= 11 is 0. The Bertz CT molecular complexity index is 1760. The number of ketones is 2. The Hall–Kier alpha value is -4.78. The standard InChI is InChI=1S/C37H33NO6/c1-3-44-29-16-10-15-25(34(29)41)32-23-17-18-24-31(36(43)38(2)35(24)42)27(23)19-28-33(40)26(21-11-6-4-7-12-21)20-30(39)37(28,32)22-13-8-5-9-14-22/h4-17,20,24,27-28,31-32,41H,3,18-19H2,1-2H3. The van der Waals surface area contributed by atoms with Crippen molar-refractivity contribution in [1.82, 2.24) is 4.90 Å². The first-order valence-electron chi connectivity index (χ1n) is 15.2. The summed E-state index contributed by atoms with van der Waals surface area (Å²) in [6, 6.07) is 23.7. The summed E-state index contributed by atoms with van der Waals surface area (Å²) in [4.78, 5) is 57.8. The third-order valence-electron chi connectivity index (χ3n) is 10.2. The molecule has 2 fully saturated rings. The molecule has 1 N–H and O–H groups in total. The molecule has 0 aromatic heterocycles. The Morgan fingerprint density at radius 3 is 2.30 bits per heavy atom. The molecular formula is C37H33NO6. The van der Waals surface area contributed by atoms with Crippen LogP contribution in [-0.4, -0.2) is 47.0 Å². The van der Waals surface area contributed by atoms with Crippen LogP contribution in [0.1, 0.15) is 42.4 Å². The van der Waals surface area contributed by atoms with E-state index in [2.05, 4.69) is 0 Å². The van der Waals surface area contributed by atoms with Gasteiger partial charge in [0.1, 0.15) is 0 Å². The van der Waals surface area contributed by atoms with Crippen LogP contribution in [0.2, 0.25) is 0 Å². The number of hydrogen-bond acceptors (Lipinski definition) is 6. The molecule has 6 atom stereocenters. The number of fused-ring (bicyclic) bond motifs is 4. The molecule has 7 nitrogen and oxygen atoms in total. The highest BCUT2D eigenvalue weighted by molar-refractivity contribution is 6.31. The monoisotopic (exact) mass is 587 g/mol. The number of phenols is 1. The summed E-state index contributed by atoms with van der Waals surface area (Å²) in [5.41, 5.74) is 1.53. The molecule has 7 rings (SSSR count). The molecule has 7 heteroatoms. The number of benzene rings is 3. The van der Waals surface area contributed by atoms with Crippen LogP contribution in [0, 0.1) is 23.7 Å². The normalized spacial score (nSPS) is 29.4. The van der Waals surface area contributed by atoms with Crippen LogP contribution in [0.5, 0.6) is 11.5 Å². The molecule has 2 amide bonds. The van der Waals surface area contributed by atoms with E-state index in [1.807, 2.05) is 73.7 Å². The molecule has 0 bridgehead atoms. The minimum absolute atomic E-state index is 0.0962. The second kappa shape index (κ2) is 10.4. The first kappa shape index (κ1) is 28.0. The van der Waals surface area contributed by atoms with Crippen molar-refractivity contribution in [2.75, 3.05) is 13.7 Å². The number of phenolic OH excluding ortho intramolecular Hbond substituents is 1. The lowest BCUT2D eigenvalue weighted by Crippen LogP contribution is -2.58. The summed E-state index contributed by atoms with van der Waals surface area (Å²) in [6.07, 6.45) is 4.04. The van der Waals surface area contributed by atoms with Gasteiger partial charge in [0.15, 0.2) is 23.1 Å². The molecule has 222 valence electrons. The maximum atomic E-state index is 15.0. The average molecular weight is 588 g/mol. The first-order chi connectivity index (χ1) is 21.3. The number of allylic oxidation sites excluding steroid dienone is 4. The van der Waals surface area contributed by atoms with Gasteiger partial charge in [-0.2, -0.15) is 0 Å². The minimum Gasteiger partial charge on any atom is -0.504 e. The fourth-order valence-electron chi connectivity index (χ4n) is 8.42. The molecule has 0 radical (unpaired) electrons. The molecule has 1 saturated carbocycles. The number of aromatic hydroxyl groups is 1. The molecule has 4 aliphatic rings. The van der Waals surface area contributed by atoms with Crippen LogP contribution < -0.4 is 4.74 Å². The van der Waals surface area contributed by atoms with Gasteiger partial charge in [0, 0.05) is 30.0 Å². The van der Waals surface area contributed by atoms with Crippen molar-refractivity contribution in [3.63, 3.8) is 0 Å². The van der Waals surface area contributed by atoms with Crippen molar-refractivity contribution in [1.29, 1.82) is 0 Å². The predicted molar refractivity (Wildman–Crippen MR) is 164 cm³/mol. The molecule has 3 aromatic carbocycles. The van der Waals surface area contributed by atoms with Crippen LogP contribution in [-0.2, 0) is 24.6 Å². The molecule has 6 unspecified atom stereocenters. The van der Waals surface area contributed by atoms with Crippen molar-refractivity contribution in [3.05, 3.63) is 113 Å². The van der Waals surface area contributed by atoms with Gasteiger partial charge in [-0.25, -0.2) is 0 Å². The van der Waals surface area contributed by atoms with E-state index in [-0.39, 0.29) is 41.3 Å². The van der Waals surface area contributed by atoms with E-state index in [1.165, 1.54) is 18.0 Å². The summed E-state index contributed by atoms with van der Waals surface area (Å²) < 4.78 is 5.78. The molecule has 3 aromatic rings. The number of ether oxygens (including phenoxy) is 1. The van der Waals surface area contributed by atoms with E-state index in [9.17, 15) is 24.3 Å². The zero-order chi connectivity index (χ0) is 30.7. The van der Waals surface area contributed by atoms with Crippen LogP contribution in [0.25, 0.3) is 5.57 Å². The molecule has 0 spiro atoms. The summed E-state index contributed by atoms with van der Waals surface area (Å²) in [7, 11) is 1.51. The Balaban J connectivity index is 1.54. The summed E-state index contributed by atoms with van der Waals surface area (Å²) in [5.74, 6) is -3.98. The van der Waals surface area contributed by atoms with Crippen LogP contribution >= 0.6 is 0 Å². The topological polar surface area (TPSA) is 101 Å². The third-order valence-corrected chi connectivity index (χ3v) is 10.2. The number of amides is 2.